The molecule has 0 aliphatic rings. The van der Waals surface area contributed by atoms with E-state index in [0.29, 0.717) is 15.2 Å². The van der Waals surface area contributed by atoms with E-state index < -0.39 is 0 Å². The molecule has 0 aliphatic heterocycles. The highest BCUT2D eigenvalue weighted by atomic mass is 79.9. The Hall–Kier alpha value is -1.57. The van der Waals surface area contributed by atoms with E-state index in [9.17, 15) is 4.39 Å². The molecule has 2 aromatic carbocycles. The minimum atomic E-state index is -0.331. The molecular formula is C16H10Br2FN3S. The van der Waals surface area contributed by atoms with Crippen LogP contribution in [-0.2, 0) is 0 Å². The van der Waals surface area contributed by atoms with E-state index in [0.717, 1.165) is 15.7 Å². The Balaban J connectivity index is 1.73. The van der Waals surface area contributed by atoms with Gasteiger partial charge in [-0.2, -0.15) is 5.10 Å². The summed E-state index contributed by atoms with van der Waals surface area (Å²) in [6, 6.07) is 12.7. The topological polar surface area (TPSA) is 37.3 Å². The number of halogens is 3. The standard InChI is InChI=1S/C16H10Br2FN3S/c17-13-7-12(19)6-11(15(13)18)8-20-22-16-21-14(9-23-16)10-4-2-1-3-5-10/h1-9H,(H,21,22). The summed E-state index contributed by atoms with van der Waals surface area (Å²) in [6.07, 6.45) is 1.54. The van der Waals surface area contributed by atoms with Gasteiger partial charge in [0, 0.05) is 25.5 Å². The summed E-state index contributed by atoms with van der Waals surface area (Å²) >= 11 is 8.13. The zero-order valence-electron chi connectivity index (χ0n) is 11.6. The van der Waals surface area contributed by atoms with Crippen molar-refractivity contribution in [3.05, 3.63) is 68.2 Å². The number of anilines is 1. The van der Waals surface area contributed by atoms with E-state index in [1.165, 1.54) is 23.5 Å². The van der Waals surface area contributed by atoms with E-state index in [-0.39, 0.29) is 5.82 Å². The van der Waals surface area contributed by atoms with E-state index in [1.807, 2.05) is 35.7 Å². The summed E-state index contributed by atoms with van der Waals surface area (Å²) in [5, 5.41) is 6.75. The lowest BCUT2D eigenvalue weighted by Gasteiger charge is -2.01. The Labute approximate surface area is 153 Å². The normalized spacial score (nSPS) is 11.1. The number of thiazole rings is 1. The van der Waals surface area contributed by atoms with Crippen molar-refractivity contribution >= 4 is 54.5 Å². The van der Waals surface area contributed by atoms with Crippen LogP contribution in [0.1, 0.15) is 5.56 Å². The predicted molar refractivity (Wildman–Crippen MR) is 101 cm³/mol. The fourth-order valence-corrected chi connectivity index (χ4v) is 3.34. The van der Waals surface area contributed by atoms with Crippen LogP contribution in [0, 0.1) is 5.82 Å². The molecule has 0 saturated heterocycles. The Morgan fingerprint density at radius 1 is 1.17 bits per heavy atom. The average molecular weight is 455 g/mol. The van der Waals surface area contributed by atoms with E-state index in [1.54, 1.807) is 6.21 Å². The number of benzene rings is 2. The second-order valence-corrected chi connectivity index (χ2v) is 7.07. The van der Waals surface area contributed by atoms with Crippen molar-refractivity contribution < 1.29 is 4.39 Å². The van der Waals surface area contributed by atoms with Gasteiger partial charge in [0.05, 0.1) is 11.9 Å². The van der Waals surface area contributed by atoms with Crippen molar-refractivity contribution in [3.8, 4) is 11.3 Å². The summed E-state index contributed by atoms with van der Waals surface area (Å²) in [5.41, 5.74) is 5.44. The second kappa shape index (κ2) is 7.33. The molecule has 3 nitrogen and oxygen atoms in total. The molecule has 0 unspecified atom stereocenters. The van der Waals surface area contributed by atoms with E-state index in [2.05, 4.69) is 47.4 Å². The first kappa shape index (κ1) is 16.3. The summed E-state index contributed by atoms with van der Waals surface area (Å²) in [6.45, 7) is 0. The molecule has 23 heavy (non-hydrogen) atoms. The first-order chi connectivity index (χ1) is 11.1. The largest absolute Gasteiger partial charge is 0.253 e. The number of nitrogens with one attached hydrogen (secondary N) is 1. The smallest absolute Gasteiger partial charge is 0.203 e. The maximum absolute atomic E-state index is 13.4. The summed E-state index contributed by atoms with van der Waals surface area (Å²) in [4.78, 5) is 4.47. The quantitative estimate of drug-likeness (QED) is 0.301. The second-order valence-electron chi connectivity index (χ2n) is 4.56. The maximum atomic E-state index is 13.4. The van der Waals surface area contributed by atoms with Gasteiger partial charge >= 0.3 is 0 Å². The number of hydrogen-bond donors (Lipinski definition) is 1. The fraction of sp³-hybridized carbons (Fsp3) is 0. The lowest BCUT2D eigenvalue weighted by Crippen LogP contribution is -1.92. The highest BCUT2D eigenvalue weighted by Gasteiger charge is 2.06. The zero-order valence-corrected chi connectivity index (χ0v) is 15.6. The number of aromatic nitrogens is 1. The summed E-state index contributed by atoms with van der Waals surface area (Å²) in [5.74, 6) is -0.331. The minimum absolute atomic E-state index is 0.331. The van der Waals surface area contributed by atoms with Crippen LogP contribution < -0.4 is 5.43 Å². The van der Waals surface area contributed by atoms with Crippen LogP contribution in [0.15, 0.2) is 61.9 Å². The highest BCUT2D eigenvalue weighted by molar-refractivity contribution is 9.13. The van der Waals surface area contributed by atoms with Crippen LogP contribution >= 0.6 is 43.2 Å². The number of rotatable bonds is 4. The Kier molecular flexibility index (Phi) is 5.20. The number of hydrazone groups is 1. The van der Waals surface area contributed by atoms with Gasteiger partial charge in [-0.3, -0.25) is 5.43 Å². The van der Waals surface area contributed by atoms with Crippen LogP contribution in [0.3, 0.4) is 0 Å². The Morgan fingerprint density at radius 2 is 1.96 bits per heavy atom. The molecule has 1 heterocycles. The molecule has 3 rings (SSSR count). The molecular weight excluding hydrogens is 445 g/mol. The monoisotopic (exact) mass is 453 g/mol. The van der Waals surface area contributed by atoms with Gasteiger partial charge in [0.25, 0.3) is 0 Å². The van der Waals surface area contributed by atoms with Crippen molar-refractivity contribution in [2.45, 2.75) is 0 Å². The maximum Gasteiger partial charge on any atom is 0.203 e. The van der Waals surface area contributed by atoms with Gasteiger partial charge in [0.2, 0.25) is 5.13 Å². The molecule has 7 heteroatoms. The zero-order chi connectivity index (χ0) is 16.2. The summed E-state index contributed by atoms with van der Waals surface area (Å²) in [7, 11) is 0. The van der Waals surface area contributed by atoms with E-state index in [4.69, 9.17) is 0 Å². The molecule has 1 N–H and O–H groups in total. The summed E-state index contributed by atoms with van der Waals surface area (Å²) < 4.78 is 14.8. The van der Waals surface area contributed by atoms with Gasteiger partial charge in [-0.25, -0.2) is 9.37 Å². The van der Waals surface area contributed by atoms with Gasteiger partial charge in [-0.15, -0.1) is 11.3 Å². The molecule has 116 valence electrons. The molecule has 0 bridgehead atoms. The highest BCUT2D eigenvalue weighted by Crippen LogP contribution is 2.27. The lowest BCUT2D eigenvalue weighted by atomic mass is 10.2. The molecule has 3 aromatic rings. The molecule has 0 saturated carbocycles. The van der Waals surface area contributed by atoms with Crippen molar-refractivity contribution in [2.24, 2.45) is 5.10 Å². The number of nitrogens with zero attached hydrogens (tertiary/aromatic N) is 2. The molecule has 0 fully saturated rings. The Bertz CT molecular complexity index is 850. The average Bonchev–Trinajstić information content (AvgIpc) is 3.02. The van der Waals surface area contributed by atoms with Crippen molar-refractivity contribution in [1.82, 2.24) is 4.98 Å². The number of hydrogen-bond acceptors (Lipinski definition) is 4. The fourth-order valence-electron chi connectivity index (χ4n) is 1.89. The first-order valence-corrected chi connectivity index (χ1v) is 9.04. The third-order valence-electron chi connectivity index (χ3n) is 2.96. The lowest BCUT2D eigenvalue weighted by molar-refractivity contribution is 0.626. The van der Waals surface area contributed by atoms with Crippen LogP contribution in [0.25, 0.3) is 11.3 Å². The van der Waals surface area contributed by atoms with Crippen molar-refractivity contribution in [3.63, 3.8) is 0 Å². The SMILES string of the molecule is Fc1cc(Br)c(Br)c(C=NNc2nc(-c3ccccc3)cs2)c1. The molecule has 0 aliphatic carbocycles. The van der Waals surface area contributed by atoms with Gasteiger partial charge in [0.15, 0.2) is 0 Å². The first-order valence-electron chi connectivity index (χ1n) is 6.58. The van der Waals surface area contributed by atoms with Crippen LogP contribution in [0.4, 0.5) is 9.52 Å². The van der Waals surface area contributed by atoms with E-state index >= 15 is 0 Å². The predicted octanol–water partition coefficient (Wildman–Crippen LogP) is 5.92. The van der Waals surface area contributed by atoms with Crippen LogP contribution in [0.5, 0.6) is 0 Å². The molecule has 0 radical (unpaired) electrons. The molecule has 0 atom stereocenters. The third kappa shape index (κ3) is 4.04. The molecule has 0 spiro atoms. The van der Waals surface area contributed by atoms with Gasteiger partial charge in [0.1, 0.15) is 5.82 Å². The van der Waals surface area contributed by atoms with Crippen LogP contribution in [-0.4, -0.2) is 11.2 Å². The van der Waals surface area contributed by atoms with Crippen molar-refractivity contribution in [2.75, 3.05) is 5.43 Å². The Morgan fingerprint density at radius 3 is 2.74 bits per heavy atom. The molecule has 1 aromatic heterocycles. The molecule has 0 amide bonds. The van der Waals surface area contributed by atoms with Gasteiger partial charge in [-0.1, -0.05) is 30.3 Å². The minimum Gasteiger partial charge on any atom is -0.253 e. The van der Waals surface area contributed by atoms with Crippen molar-refractivity contribution in [1.29, 1.82) is 0 Å². The van der Waals surface area contributed by atoms with Crippen LogP contribution in [0.2, 0.25) is 0 Å². The third-order valence-corrected chi connectivity index (χ3v) is 5.75. The van der Waals surface area contributed by atoms with Gasteiger partial charge < -0.3 is 0 Å². The van der Waals surface area contributed by atoms with Gasteiger partial charge in [-0.05, 0) is 44.0 Å².